The van der Waals surface area contributed by atoms with E-state index >= 15 is 0 Å². The lowest BCUT2D eigenvalue weighted by Crippen LogP contribution is -2.23. The minimum Gasteiger partial charge on any atom is -0.493 e. The number of hydrogen-bond acceptors (Lipinski definition) is 2. The normalized spacial score (nSPS) is 18.1. The third-order valence-electron chi connectivity index (χ3n) is 4.02. The lowest BCUT2D eigenvalue weighted by molar-refractivity contribution is 0.188. The predicted molar refractivity (Wildman–Crippen MR) is 80.2 cm³/mol. The van der Waals surface area contributed by atoms with E-state index < -0.39 is 6.10 Å². The minimum absolute atomic E-state index is 0.481. The second-order valence-corrected chi connectivity index (χ2v) is 5.63. The Kier molecular flexibility index (Phi) is 3.49. The van der Waals surface area contributed by atoms with Gasteiger partial charge in [-0.15, -0.1) is 0 Å². The van der Waals surface area contributed by atoms with Gasteiger partial charge in [-0.3, -0.25) is 0 Å². The van der Waals surface area contributed by atoms with Crippen molar-refractivity contribution in [3.8, 4) is 5.75 Å². The van der Waals surface area contributed by atoms with Gasteiger partial charge in [-0.1, -0.05) is 35.9 Å². The topological polar surface area (TPSA) is 29.5 Å². The van der Waals surface area contributed by atoms with E-state index in [1.807, 2.05) is 25.1 Å². The molecule has 1 aliphatic carbocycles. The van der Waals surface area contributed by atoms with Crippen LogP contribution in [0.25, 0.3) is 0 Å². The molecule has 0 saturated carbocycles. The average Bonchev–Trinajstić information content (AvgIpc) is 2.41. The second kappa shape index (κ2) is 5.29. The molecular formula is C18H20O2. The first kappa shape index (κ1) is 13.2. The monoisotopic (exact) mass is 268 g/mol. The number of aliphatic hydroxyl groups excluding tert-OH is 1. The number of fused-ring (bicyclic) bond motifs is 1. The van der Waals surface area contributed by atoms with Gasteiger partial charge in [0.2, 0.25) is 0 Å². The Hall–Kier alpha value is -1.80. The van der Waals surface area contributed by atoms with Gasteiger partial charge in [-0.05, 0) is 43.5 Å². The number of rotatable bonds is 4. The van der Waals surface area contributed by atoms with Crippen LogP contribution in [-0.2, 0) is 6.42 Å². The molecule has 0 aromatic heterocycles. The molecule has 0 aliphatic heterocycles. The van der Waals surface area contributed by atoms with Crippen LogP contribution in [0.2, 0.25) is 0 Å². The maximum Gasteiger partial charge on any atom is 0.125 e. The average molecular weight is 268 g/mol. The molecule has 0 bridgehead atoms. The van der Waals surface area contributed by atoms with E-state index in [2.05, 4.69) is 24.3 Å². The maximum absolute atomic E-state index is 9.84. The van der Waals surface area contributed by atoms with Crippen molar-refractivity contribution >= 4 is 0 Å². The van der Waals surface area contributed by atoms with Crippen molar-refractivity contribution in [1.82, 2.24) is 0 Å². The molecule has 2 nitrogen and oxygen atoms in total. The molecule has 0 fully saturated rings. The van der Waals surface area contributed by atoms with Gasteiger partial charge < -0.3 is 9.84 Å². The fraction of sp³-hybridized carbons (Fsp3) is 0.333. The van der Waals surface area contributed by atoms with Crippen LogP contribution >= 0.6 is 0 Å². The van der Waals surface area contributed by atoms with Gasteiger partial charge >= 0.3 is 0 Å². The predicted octanol–water partition coefficient (Wildman–Crippen LogP) is 3.77. The van der Waals surface area contributed by atoms with Gasteiger partial charge in [0.15, 0.2) is 0 Å². The van der Waals surface area contributed by atoms with Crippen molar-refractivity contribution in [2.45, 2.75) is 32.3 Å². The van der Waals surface area contributed by atoms with Gasteiger partial charge in [0.25, 0.3) is 0 Å². The molecule has 2 aromatic carbocycles. The molecule has 2 heteroatoms. The highest BCUT2D eigenvalue weighted by atomic mass is 16.5. The Balaban J connectivity index is 1.71. The maximum atomic E-state index is 9.84. The summed E-state index contributed by atoms with van der Waals surface area (Å²) in [5.74, 6) is 1.28. The number of hydrogen-bond donors (Lipinski definition) is 1. The minimum atomic E-state index is -0.501. The van der Waals surface area contributed by atoms with Gasteiger partial charge in [0.1, 0.15) is 5.75 Å². The molecule has 1 N–H and O–H groups in total. The first-order valence-electron chi connectivity index (χ1n) is 7.14. The summed E-state index contributed by atoms with van der Waals surface area (Å²) in [6.07, 6.45) is 0.588. The molecule has 0 radical (unpaired) electrons. The van der Waals surface area contributed by atoms with Crippen molar-refractivity contribution < 1.29 is 9.84 Å². The lowest BCUT2D eigenvalue weighted by Gasteiger charge is -2.30. The van der Waals surface area contributed by atoms with Gasteiger partial charge in [-0.25, -0.2) is 0 Å². The fourth-order valence-corrected chi connectivity index (χ4v) is 2.83. The summed E-state index contributed by atoms with van der Waals surface area (Å²) in [6, 6.07) is 14.5. The van der Waals surface area contributed by atoms with Crippen molar-refractivity contribution in [2.24, 2.45) is 0 Å². The number of benzene rings is 2. The van der Waals surface area contributed by atoms with E-state index in [0.29, 0.717) is 12.5 Å². The molecular weight excluding hydrogens is 248 g/mol. The molecule has 0 heterocycles. The quantitative estimate of drug-likeness (QED) is 0.914. The highest BCUT2D eigenvalue weighted by Crippen LogP contribution is 2.36. The van der Waals surface area contributed by atoms with Crippen LogP contribution in [0.15, 0.2) is 42.5 Å². The Morgan fingerprint density at radius 2 is 2.05 bits per heavy atom. The summed E-state index contributed by atoms with van der Waals surface area (Å²) in [7, 11) is 0. The largest absolute Gasteiger partial charge is 0.493 e. The summed E-state index contributed by atoms with van der Waals surface area (Å²) in [6.45, 7) is 4.48. The summed E-state index contributed by atoms with van der Waals surface area (Å²) < 4.78 is 5.95. The zero-order valence-corrected chi connectivity index (χ0v) is 12.0. The SMILES string of the molecule is Cc1ccc(OCC2Cc3ccccc32)c([C@H](C)O)c1. The number of aliphatic hydroxyl groups is 1. The number of aryl methyl sites for hydroxylation is 1. The van der Waals surface area contributed by atoms with Gasteiger partial charge in [0, 0.05) is 11.5 Å². The third kappa shape index (κ3) is 2.44. The molecule has 2 aromatic rings. The molecule has 0 saturated heterocycles. The second-order valence-electron chi connectivity index (χ2n) is 5.63. The van der Waals surface area contributed by atoms with Crippen LogP contribution < -0.4 is 4.74 Å². The Bertz CT molecular complexity index is 617. The zero-order valence-electron chi connectivity index (χ0n) is 12.0. The molecule has 1 unspecified atom stereocenters. The molecule has 104 valence electrons. The molecule has 0 spiro atoms. The smallest absolute Gasteiger partial charge is 0.125 e. The summed E-state index contributed by atoms with van der Waals surface area (Å²) in [4.78, 5) is 0. The van der Waals surface area contributed by atoms with E-state index in [9.17, 15) is 5.11 Å². The van der Waals surface area contributed by atoms with E-state index in [-0.39, 0.29) is 0 Å². The van der Waals surface area contributed by atoms with E-state index in [1.165, 1.54) is 11.1 Å². The summed E-state index contributed by atoms with van der Waals surface area (Å²) >= 11 is 0. The highest BCUT2D eigenvalue weighted by Gasteiger charge is 2.26. The van der Waals surface area contributed by atoms with Crippen molar-refractivity contribution in [2.75, 3.05) is 6.61 Å². The fourth-order valence-electron chi connectivity index (χ4n) is 2.83. The van der Waals surface area contributed by atoms with Crippen molar-refractivity contribution in [1.29, 1.82) is 0 Å². The lowest BCUT2D eigenvalue weighted by atomic mass is 9.78. The molecule has 2 atom stereocenters. The van der Waals surface area contributed by atoms with E-state index in [4.69, 9.17) is 4.74 Å². The van der Waals surface area contributed by atoms with Crippen molar-refractivity contribution in [3.63, 3.8) is 0 Å². The Morgan fingerprint density at radius 1 is 1.25 bits per heavy atom. The van der Waals surface area contributed by atoms with Crippen molar-refractivity contribution in [3.05, 3.63) is 64.7 Å². The molecule has 20 heavy (non-hydrogen) atoms. The summed E-state index contributed by atoms with van der Waals surface area (Å²) in [5, 5.41) is 9.84. The summed E-state index contributed by atoms with van der Waals surface area (Å²) in [5.41, 5.74) is 4.85. The molecule has 3 rings (SSSR count). The Morgan fingerprint density at radius 3 is 2.80 bits per heavy atom. The van der Waals surface area contributed by atoms with Crippen LogP contribution in [0.1, 0.15) is 41.2 Å². The standard InChI is InChI=1S/C18H20O2/c1-12-7-8-18(17(9-12)13(2)19)20-11-15-10-14-5-3-4-6-16(14)15/h3-9,13,15,19H,10-11H2,1-2H3/t13-,15?/m0/s1. The van der Waals surface area contributed by atoms with Gasteiger partial charge in [-0.2, -0.15) is 0 Å². The molecule has 0 amide bonds. The van der Waals surface area contributed by atoms with Crippen LogP contribution in [-0.4, -0.2) is 11.7 Å². The van der Waals surface area contributed by atoms with Crippen LogP contribution in [0.4, 0.5) is 0 Å². The first-order valence-corrected chi connectivity index (χ1v) is 7.14. The van der Waals surface area contributed by atoms with E-state index in [1.54, 1.807) is 6.92 Å². The highest BCUT2D eigenvalue weighted by molar-refractivity contribution is 5.41. The zero-order chi connectivity index (χ0) is 14.1. The van der Waals surface area contributed by atoms with Crippen LogP contribution in [0, 0.1) is 6.92 Å². The number of ether oxygens (including phenoxy) is 1. The Labute approximate surface area is 120 Å². The van der Waals surface area contributed by atoms with Crippen LogP contribution in [0.5, 0.6) is 5.75 Å². The van der Waals surface area contributed by atoms with E-state index in [0.717, 1.165) is 23.3 Å². The molecule has 1 aliphatic rings. The van der Waals surface area contributed by atoms with Gasteiger partial charge in [0.05, 0.1) is 12.7 Å². The third-order valence-corrected chi connectivity index (χ3v) is 4.02. The van der Waals surface area contributed by atoms with Crippen LogP contribution in [0.3, 0.4) is 0 Å². The first-order chi connectivity index (χ1) is 9.65.